The first-order chi connectivity index (χ1) is 12.0. The molecule has 1 heterocycles. The zero-order chi connectivity index (χ0) is 18.4. The summed E-state index contributed by atoms with van der Waals surface area (Å²) in [6.45, 7) is 7.17. The maximum Gasteiger partial charge on any atom is 0.216 e. The first-order valence-corrected chi connectivity index (χ1v) is 8.17. The molecule has 1 aromatic heterocycles. The van der Waals surface area contributed by atoms with Gasteiger partial charge in [-0.2, -0.15) is 5.10 Å². The molecule has 2 aromatic rings. The third kappa shape index (κ3) is 4.14. The van der Waals surface area contributed by atoms with Gasteiger partial charge in [0.05, 0.1) is 32.6 Å². The molecule has 0 amide bonds. The van der Waals surface area contributed by atoms with Crippen LogP contribution in [0, 0.1) is 6.92 Å². The Morgan fingerprint density at radius 1 is 1.16 bits per heavy atom. The number of hydrogen-bond acceptors (Lipinski definition) is 5. The van der Waals surface area contributed by atoms with Gasteiger partial charge in [-0.1, -0.05) is 12.1 Å². The lowest BCUT2D eigenvalue weighted by molar-refractivity contribution is 0.351. The minimum absolute atomic E-state index is 0.675. The normalized spacial score (nSPS) is 10.6. The first kappa shape index (κ1) is 18.9. The van der Waals surface area contributed by atoms with E-state index < -0.39 is 0 Å². The van der Waals surface area contributed by atoms with Crippen LogP contribution in [0.25, 0.3) is 0 Å². The number of aryl methyl sites for hydroxylation is 2. The summed E-state index contributed by atoms with van der Waals surface area (Å²) in [5, 5.41) is 7.85. The van der Waals surface area contributed by atoms with E-state index in [2.05, 4.69) is 23.1 Å². The molecular weight excluding hydrogens is 318 g/mol. The number of nitrogens with zero attached hydrogens (tertiary/aromatic N) is 2. The van der Waals surface area contributed by atoms with Crippen LogP contribution in [-0.2, 0) is 26.6 Å². The maximum absolute atomic E-state index is 5.48. The summed E-state index contributed by atoms with van der Waals surface area (Å²) in [7, 11) is 6.84. The second-order valence-electron chi connectivity index (χ2n) is 5.78. The van der Waals surface area contributed by atoms with Crippen molar-refractivity contribution in [2.24, 2.45) is 7.05 Å². The number of allylic oxidation sites excluding steroid dienone is 1. The Kier molecular flexibility index (Phi) is 6.47. The summed E-state index contributed by atoms with van der Waals surface area (Å²) in [4.78, 5) is 0. The fourth-order valence-electron chi connectivity index (χ4n) is 2.99. The predicted molar refractivity (Wildman–Crippen MR) is 98.5 cm³/mol. The zero-order valence-electron chi connectivity index (χ0n) is 15.7. The van der Waals surface area contributed by atoms with Crippen LogP contribution in [0.3, 0.4) is 0 Å². The van der Waals surface area contributed by atoms with Gasteiger partial charge in [-0.25, -0.2) is 4.68 Å². The minimum atomic E-state index is 0.675. The molecule has 6 heteroatoms. The average molecular weight is 345 g/mol. The van der Waals surface area contributed by atoms with Gasteiger partial charge in [0, 0.05) is 25.7 Å². The molecule has 0 bridgehead atoms. The predicted octanol–water partition coefficient (Wildman–Crippen LogP) is 2.77. The molecule has 0 atom stereocenters. The molecule has 2 rings (SSSR count). The van der Waals surface area contributed by atoms with Crippen LogP contribution in [0.1, 0.15) is 22.4 Å². The van der Waals surface area contributed by atoms with Gasteiger partial charge in [-0.3, -0.25) is 0 Å². The number of ether oxygens (including phenoxy) is 3. The van der Waals surface area contributed by atoms with Gasteiger partial charge in [-0.15, -0.1) is 6.58 Å². The Balaban J connectivity index is 2.15. The summed E-state index contributed by atoms with van der Waals surface area (Å²) < 4.78 is 18.1. The molecule has 1 aromatic carbocycles. The SMILES string of the molecule is C=CCc1cc(CNCc2c(C)nn(C)c2OC)cc(OC)c1OC. The maximum atomic E-state index is 5.48. The van der Waals surface area contributed by atoms with Crippen LogP contribution < -0.4 is 19.5 Å². The van der Waals surface area contributed by atoms with Crippen LogP contribution in [0.15, 0.2) is 24.8 Å². The highest BCUT2D eigenvalue weighted by Gasteiger charge is 2.14. The molecule has 0 aliphatic carbocycles. The van der Waals surface area contributed by atoms with Crippen LogP contribution in [-0.4, -0.2) is 31.1 Å². The van der Waals surface area contributed by atoms with Gasteiger partial charge in [0.1, 0.15) is 0 Å². The molecule has 0 saturated heterocycles. The fourth-order valence-corrected chi connectivity index (χ4v) is 2.99. The van der Waals surface area contributed by atoms with Gasteiger partial charge in [0.25, 0.3) is 0 Å². The molecule has 0 spiro atoms. The number of benzene rings is 1. The molecule has 136 valence electrons. The second kappa shape index (κ2) is 8.58. The van der Waals surface area contributed by atoms with E-state index in [0.29, 0.717) is 13.1 Å². The van der Waals surface area contributed by atoms with E-state index in [4.69, 9.17) is 14.2 Å². The number of rotatable bonds is 9. The highest BCUT2D eigenvalue weighted by molar-refractivity contribution is 5.50. The van der Waals surface area contributed by atoms with Crippen molar-refractivity contribution >= 4 is 0 Å². The van der Waals surface area contributed by atoms with E-state index in [1.54, 1.807) is 26.0 Å². The van der Waals surface area contributed by atoms with Crippen molar-refractivity contribution in [3.8, 4) is 17.4 Å². The van der Waals surface area contributed by atoms with Crippen molar-refractivity contribution in [2.45, 2.75) is 26.4 Å². The van der Waals surface area contributed by atoms with Crippen LogP contribution in [0.2, 0.25) is 0 Å². The van der Waals surface area contributed by atoms with Crippen LogP contribution in [0.5, 0.6) is 17.4 Å². The highest BCUT2D eigenvalue weighted by Crippen LogP contribution is 2.33. The van der Waals surface area contributed by atoms with Crippen molar-refractivity contribution < 1.29 is 14.2 Å². The lowest BCUT2D eigenvalue weighted by Crippen LogP contribution is -2.14. The first-order valence-electron chi connectivity index (χ1n) is 8.17. The summed E-state index contributed by atoms with van der Waals surface area (Å²) in [6, 6.07) is 4.11. The van der Waals surface area contributed by atoms with Crippen LogP contribution in [0.4, 0.5) is 0 Å². The lowest BCUT2D eigenvalue weighted by Gasteiger charge is -2.15. The molecule has 0 aliphatic heterocycles. The van der Waals surface area contributed by atoms with Crippen molar-refractivity contribution in [2.75, 3.05) is 21.3 Å². The topological polar surface area (TPSA) is 57.5 Å². The smallest absolute Gasteiger partial charge is 0.216 e. The third-order valence-electron chi connectivity index (χ3n) is 4.09. The van der Waals surface area contributed by atoms with Crippen LogP contribution >= 0.6 is 0 Å². The molecule has 0 unspecified atom stereocenters. The Morgan fingerprint density at radius 2 is 1.92 bits per heavy atom. The lowest BCUT2D eigenvalue weighted by atomic mass is 10.1. The van der Waals surface area contributed by atoms with Gasteiger partial charge in [0.2, 0.25) is 5.88 Å². The molecule has 0 aliphatic rings. The standard InChI is InChI=1S/C19H27N3O3/c1-7-8-15-9-14(10-17(23-4)18(15)24-5)11-20-12-16-13(2)21-22(3)19(16)25-6/h7,9-10,20H,1,8,11-12H2,2-6H3. The molecule has 6 nitrogen and oxygen atoms in total. The van der Waals surface area contributed by atoms with Gasteiger partial charge < -0.3 is 19.5 Å². The minimum Gasteiger partial charge on any atom is -0.493 e. The van der Waals surface area contributed by atoms with Gasteiger partial charge in [0.15, 0.2) is 11.5 Å². The number of aromatic nitrogens is 2. The number of methoxy groups -OCH3 is 3. The molecule has 0 saturated carbocycles. The summed E-state index contributed by atoms with van der Waals surface area (Å²) >= 11 is 0. The average Bonchev–Trinajstić information content (AvgIpc) is 2.87. The van der Waals surface area contributed by atoms with Crippen molar-refractivity contribution in [1.82, 2.24) is 15.1 Å². The van der Waals surface area contributed by atoms with Crippen molar-refractivity contribution in [1.29, 1.82) is 0 Å². The van der Waals surface area contributed by atoms with Crippen molar-refractivity contribution in [3.63, 3.8) is 0 Å². The Labute approximate surface area is 149 Å². The number of nitrogens with one attached hydrogen (secondary N) is 1. The number of hydrogen-bond donors (Lipinski definition) is 1. The fraction of sp³-hybridized carbons (Fsp3) is 0.421. The van der Waals surface area contributed by atoms with E-state index in [0.717, 1.165) is 46.2 Å². The molecule has 25 heavy (non-hydrogen) atoms. The van der Waals surface area contributed by atoms with Crippen molar-refractivity contribution in [3.05, 3.63) is 47.2 Å². The second-order valence-corrected chi connectivity index (χ2v) is 5.78. The van der Waals surface area contributed by atoms with E-state index in [9.17, 15) is 0 Å². The molecule has 0 fully saturated rings. The molecule has 1 N–H and O–H groups in total. The van der Waals surface area contributed by atoms with Gasteiger partial charge >= 0.3 is 0 Å². The molecule has 0 radical (unpaired) electrons. The highest BCUT2D eigenvalue weighted by atomic mass is 16.5. The summed E-state index contributed by atoms with van der Waals surface area (Å²) in [5.74, 6) is 2.27. The largest absolute Gasteiger partial charge is 0.493 e. The summed E-state index contributed by atoms with van der Waals surface area (Å²) in [6.07, 6.45) is 2.58. The zero-order valence-corrected chi connectivity index (χ0v) is 15.7. The van der Waals surface area contributed by atoms with E-state index >= 15 is 0 Å². The monoisotopic (exact) mass is 345 g/mol. The Bertz CT molecular complexity index is 738. The quantitative estimate of drug-likeness (QED) is 0.708. The summed E-state index contributed by atoms with van der Waals surface area (Å²) in [5.41, 5.74) is 4.21. The Hall–Kier alpha value is -2.47. The van der Waals surface area contributed by atoms with E-state index in [1.165, 1.54) is 0 Å². The molecular formula is C19H27N3O3. The van der Waals surface area contributed by atoms with Gasteiger partial charge in [-0.05, 0) is 25.0 Å². The third-order valence-corrected chi connectivity index (χ3v) is 4.09. The van der Waals surface area contributed by atoms with E-state index in [-0.39, 0.29) is 0 Å². The van der Waals surface area contributed by atoms with E-state index in [1.807, 2.05) is 26.1 Å². The Morgan fingerprint density at radius 3 is 2.52 bits per heavy atom.